The molecule has 0 fully saturated rings. The fraction of sp³-hybridized carbons (Fsp3) is 0.103. The highest BCUT2D eigenvalue weighted by Gasteiger charge is 2.35. The van der Waals surface area contributed by atoms with Crippen molar-refractivity contribution < 1.29 is 17.6 Å². The van der Waals surface area contributed by atoms with E-state index in [1.807, 2.05) is 19.1 Å². The molecule has 11 heteroatoms. The zero-order valence-corrected chi connectivity index (χ0v) is 21.1. The number of pyridine rings is 1. The predicted molar refractivity (Wildman–Crippen MR) is 142 cm³/mol. The summed E-state index contributed by atoms with van der Waals surface area (Å²) < 4.78 is 49.0. The lowest BCUT2D eigenvalue weighted by Gasteiger charge is -2.17. The maximum absolute atomic E-state index is 14.3. The SMILES string of the molecule is Cc1cc(-c2cnco2)cc(-c2nn(-c3cc(-c4cccnn4)ccc3C(F)(F)F)c(=O)c3nc(C)ccc23)c1. The number of aromatic nitrogens is 6. The van der Waals surface area contributed by atoms with Gasteiger partial charge in [0.1, 0.15) is 11.2 Å². The summed E-state index contributed by atoms with van der Waals surface area (Å²) in [7, 11) is 0. The Hall–Kier alpha value is -5.19. The second-order valence-electron chi connectivity index (χ2n) is 9.21. The van der Waals surface area contributed by atoms with E-state index in [1.54, 1.807) is 43.5 Å². The molecule has 0 aliphatic heterocycles. The minimum atomic E-state index is -4.77. The summed E-state index contributed by atoms with van der Waals surface area (Å²) >= 11 is 0. The molecule has 8 nitrogen and oxygen atoms in total. The highest BCUT2D eigenvalue weighted by molar-refractivity contribution is 5.92. The van der Waals surface area contributed by atoms with Crippen LogP contribution < -0.4 is 5.56 Å². The maximum atomic E-state index is 14.3. The van der Waals surface area contributed by atoms with Gasteiger partial charge in [-0.3, -0.25) is 4.79 Å². The van der Waals surface area contributed by atoms with Gasteiger partial charge in [0.2, 0.25) is 0 Å². The van der Waals surface area contributed by atoms with E-state index in [0.29, 0.717) is 39.2 Å². The highest BCUT2D eigenvalue weighted by Crippen LogP contribution is 2.36. The minimum Gasteiger partial charge on any atom is -0.444 e. The van der Waals surface area contributed by atoms with Crippen molar-refractivity contribution in [2.75, 3.05) is 0 Å². The van der Waals surface area contributed by atoms with E-state index in [1.165, 1.54) is 24.7 Å². The minimum absolute atomic E-state index is 0.00856. The summed E-state index contributed by atoms with van der Waals surface area (Å²) in [6, 6.07) is 15.6. The van der Waals surface area contributed by atoms with Crippen LogP contribution in [-0.4, -0.2) is 29.9 Å². The van der Waals surface area contributed by atoms with Crippen LogP contribution in [0.5, 0.6) is 0 Å². The lowest BCUT2D eigenvalue weighted by molar-refractivity contribution is -0.137. The van der Waals surface area contributed by atoms with Gasteiger partial charge >= 0.3 is 6.18 Å². The first-order chi connectivity index (χ1) is 19.2. The molecule has 0 atom stereocenters. The van der Waals surface area contributed by atoms with E-state index in [-0.39, 0.29) is 11.2 Å². The number of alkyl halides is 3. The number of benzene rings is 2. The summed E-state index contributed by atoms with van der Waals surface area (Å²) in [5, 5.41) is 12.7. The molecule has 0 unspecified atom stereocenters. The van der Waals surface area contributed by atoms with Gasteiger partial charge in [0.25, 0.3) is 5.56 Å². The van der Waals surface area contributed by atoms with E-state index < -0.39 is 23.0 Å². The third-order valence-electron chi connectivity index (χ3n) is 6.35. The fourth-order valence-electron chi connectivity index (χ4n) is 4.57. The first-order valence-corrected chi connectivity index (χ1v) is 12.1. The van der Waals surface area contributed by atoms with Crippen molar-refractivity contribution in [1.29, 1.82) is 0 Å². The number of oxazole rings is 1. The van der Waals surface area contributed by atoms with Gasteiger partial charge in [-0.15, -0.1) is 0 Å². The van der Waals surface area contributed by atoms with Crippen molar-refractivity contribution in [1.82, 2.24) is 29.9 Å². The molecule has 0 N–H and O–H groups in total. The monoisotopic (exact) mass is 540 g/mol. The van der Waals surface area contributed by atoms with Gasteiger partial charge < -0.3 is 4.42 Å². The lowest BCUT2D eigenvalue weighted by atomic mass is 10.0. The van der Waals surface area contributed by atoms with Crippen molar-refractivity contribution in [3.05, 3.63) is 107 Å². The lowest BCUT2D eigenvalue weighted by Crippen LogP contribution is -2.26. The van der Waals surface area contributed by atoms with E-state index in [4.69, 9.17) is 4.42 Å². The van der Waals surface area contributed by atoms with Crippen LogP contribution in [0.2, 0.25) is 0 Å². The molecule has 2 aromatic carbocycles. The van der Waals surface area contributed by atoms with Crippen molar-refractivity contribution in [2.24, 2.45) is 0 Å². The number of halogens is 3. The van der Waals surface area contributed by atoms with Crippen LogP contribution in [-0.2, 0) is 6.18 Å². The van der Waals surface area contributed by atoms with Crippen LogP contribution >= 0.6 is 0 Å². The molecule has 4 aromatic heterocycles. The van der Waals surface area contributed by atoms with Crippen LogP contribution in [0.1, 0.15) is 16.8 Å². The standard InChI is InChI=1S/C29H19F3N6O2/c1-16-10-19(25-14-33-15-40-25)12-20(11-16)26-21-7-5-17(2)35-27(21)28(39)38(37-26)24-13-18(23-4-3-9-34-36-23)6-8-22(24)29(30,31)32/h3-15H,1-2H3. The van der Waals surface area contributed by atoms with Crippen LogP contribution in [0.15, 0.2) is 88.7 Å². The molecule has 0 bridgehead atoms. The van der Waals surface area contributed by atoms with Crippen LogP contribution in [0.25, 0.3) is 50.4 Å². The average molecular weight is 541 g/mol. The zero-order valence-electron chi connectivity index (χ0n) is 21.1. The number of nitrogens with zero attached hydrogens (tertiary/aromatic N) is 6. The Morgan fingerprint density at radius 1 is 0.925 bits per heavy atom. The fourth-order valence-corrected chi connectivity index (χ4v) is 4.57. The van der Waals surface area contributed by atoms with Crippen LogP contribution in [0.4, 0.5) is 13.2 Å². The summed E-state index contributed by atoms with van der Waals surface area (Å²) in [4.78, 5) is 22.1. The Bertz CT molecular complexity index is 1930. The molecule has 0 aliphatic carbocycles. The van der Waals surface area contributed by atoms with E-state index in [0.717, 1.165) is 16.3 Å². The molecule has 0 spiro atoms. The van der Waals surface area contributed by atoms with Gasteiger partial charge in [-0.2, -0.15) is 33.1 Å². The van der Waals surface area contributed by atoms with Gasteiger partial charge in [-0.25, -0.2) is 9.97 Å². The summed E-state index contributed by atoms with van der Waals surface area (Å²) in [6.07, 6.45) is -0.446. The predicted octanol–water partition coefficient (Wildman–Crippen LogP) is 6.20. The van der Waals surface area contributed by atoms with Gasteiger partial charge in [0.15, 0.2) is 12.2 Å². The highest BCUT2D eigenvalue weighted by atomic mass is 19.4. The first kappa shape index (κ1) is 25.1. The van der Waals surface area contributed by atoms with Gasteiger partial charge in [0, 0.05) is 34.0 Å². The third-order valence-corrected chi connectivity index (χ3v) is 6.35. The number of hydrogen-bond acceptors (Lipinski definition) is 7. The average Bonchev–Trinajstić information content (AvgIpc) is 3.48. The number of hydrogen-bond donors (Lipinski definition) is 0. The third kappa shape index (κ3) is 4.51. The molecule has 198 valence electrons. The summed E-state index contributed by atoms with van der Waals surface area (Å²) in [5.41, 5.74) is 1.33. The van der Waals surface area contributed by atoms with Crippen molar-refractivity contribution in [3.8, 4) is 39.5 Å². The number of fused-ring (bicyclic) bond motifs is 1. The van der Waals surface area contributed by atoms with E-state index in [2.05, 4.69) is 25.3 Å². The number of rotatable bonds is 4. The van der Waals surface area contributed by atoms with Crippen molar-refractivity contribution in [3.63, 3.8) is 0 Å². The van der Waals surface area contributed by atoms with Crippen molar-refractivity contribution >= 4 is 10.9 Å². The molecule has 0 radical (unpaired) electrons. The molecule has 0 aliphatic rings. The normalized spacial score (nSPS) is 11.7. The maximum Gasteiger partial charge on any atom is 0.418 e. The topological polar surface area (TPSA) is 99.6 Å². The molecule has 6 rings (SSSR count). The molecule has 0 amide bonds. The largest absolute Gasteiger partial charge is 0.444 e. The second-order valence-corrected chi connectivity index (χ2v) is 9.21. The van der Waals surface area contributed by atoms with Crippen LogP contribution in [0.3, 0.4) is 0 Å². The Labute approximate surface area is 224 Å². The van der Waals surface area contributed by atoms with E-state index >= 15 is 0 Å². The van der Waals surface area contributed by atoms with Crippen LogP contribution in [0, 0.1) is 13.8 Å². The van der Waals surface area contributed by atoms with Gasteiger partial charge in [-0.05, 0) is 74.0 Å². The van der Waals surface area contributed by atoms with Gasteiger partial charge in [-0.1, -0.05) is 6.07 Å². The van der Waals surface area contributed by atoms with Gasteiger partial charge in [0.05, 0.1) is 23.1 Å². The number of aryl methyl sites for hydroxylation is 2. The summed E-state index contributed by atoms with van der Waals surface area (Å²) in [5.74, 6) is 0.507. The molecule has 4 heterocycles. The molecule has 6 aromatic rings. The first-order valence-electron chi connectivity index (χ1n) is 12.1. The zero-order chi connectivity index (χ0) is 28.0. The quantitative estimate of drug-likeness (QED) is 0.263. The Kier molecular flexibility index (Phi) is 5.98. The second kappa shape index (κ2) is 9.53. The summed E-state index contributed by atoms with van der Waals surface area (Å²) in [6.45, 7) is 3.57. The van der Waals surface area contributed by atoms with Crippen molar-refractivity contribution in [2.45, 2.75) is 20.0 Å². The molecule has 0 saturated heterocycles. The molecular weight excluding hydrogens is 521 g/mol. The Morgan fingerprint density at radius 3 is 2.48 bits per heavy atom. The smallest absolute Gasteiger partial charge is 0.418 e. The molecule has 0 saturated carbocycles. The molecular formula is C29H19F3N6O2. The van der Waals surface area contributed by atoms with E-state index in [9.17, 15) is 18.0 Å². The molecule has 40 heavy (non-hydrogen) atoms. The Morgan fingerprint density at radius 2 is 1.75 bits per heavy atom. The Balaban J connectivity index is 1.68.